The van der Waals surface area contributed by atoms with Gasteiger partial charge in [0.2, 0.25) is 11.9 Å². The summed E-state index contributed by atoms with van der Waals surface area (Å²) in [6, 6.07) is 25.7. The maximum absolute atomic E-state index is 12.9. The van der Waals surface area contributed by atoms with Crippen LogP contribution in [0.3, 0.4) is 0 Å². The molecule has 0 spiro atoms. The number of rotatable bonds is 11. The van der Waals surface area contributed by atoms with Gasteiger partial charge in [-0.2, -0.15) is 24.7 Å². The number of carbonyl (C=O) groups excluding carboxylic acids is 1. The molecule has 3 aromatic carbocycles. The Bertz CT molecular complexity index is 1990. The average molecular weight is 674 g/mol. The average Bonchev–Trinajstić information content (AvgIpc) is 3.80. The summed E-state index contributed by atoms with van der Waals surface area (Å²) in [7, 11) is 5.21. The minimum absolute atomic E-state index is 0.236. The van der Waals surface area contributed by atoms with Crippen LogP contribution in [0.5, 0.6) is 11.5 Å². The van der Waals surface area contributed by atoms with E-state index in [1.807, 2.05) is 80.2 Å². The van der Waals surface area contributed by atoms with Gasteiger partial charge in [0.1, 0.15) is 18.1 Å². The van der Waals surface area contributed by atoms with Crippen molar-refractivity contribution in [2.24, 2.45) is 7.05 Å². The summed E-state index contributed by atoms with van der Waals surface area (Å²) in [6.07, 6.45) is 5.24. The van der Waals surface area contributed by atoms with Crippen molar-refractivity contribution in [1.29, 1.82) is 0 Å². The third-order valence-electron chi connectivity index (χ3n) is 8.73. The summed E-state index contributed by atoms with van der Waals surface area (Å²) >= 11 is 0. The molecule has 0 unspecified atom stereocenters. The number of amides is 1. The smallest absolute Gasteiger partial charge is 0.410 e. The lowest BCUT2D eigenvalue weighted by Gasteiger charge is -2.34. The van der Waals surface area contributed by atoms with Crippen LogP contribution in [0.4, 0.5) is 16.7 Å². The minimum atomic E-state index is -0.328. The zero-order valence-electron chi connectivity index (χ0n) is 28.3. The van der Waals surface area contributed by atoms with Gasteiger partial charge in [0, 0.05) is 63.6 Å². The molecule has 50 heavy (non-hydrogen) atoms. The fraction of sp³-hybridized carbons (Fsp3) is 0.270. The number of hydrogen-bond donors (Lipinski definition) is 0. The molecule has 0 N–H and O–H groups in total. The van der Waals surface area contributed by atoms with Gasteiger partial charge in [0.05, 0.1) is 26.6 Å². The Hall–Kier alpha value is -6.11. The largest absolute Gasteiger partial charge is 0.497 e. The summed E-state index contributed by atoms with van der Waals surface area (Å²) in [5.41, 5.74) is 5.52. The highest BCUT2D eigenvalue weighted by Gasteiger charge is 2.27. The van der Waals surface area contributed by atoms with Crippen molar-refractivity contribution >= 4 is 23.6 Å². The lowest BCUT2D eigenvalue weighted by Crippen LogP contribution is -2.49. The molecule has 0 bridgehead atoms. The third-order valence-corrected chi connectivity index (χ3v) is 8.73. The van der Waals surface area contributed by atoms with Crippen LogP contribution in [0, 0.1) is 0 Å². The van der Waals surface area contributed by atoms with Crippen LogP contribution < -0.4 is 19.3 Å². The monoisotopic (exact) mass is 673 g/mol. The van der Waals surface area contributed by atoms with E-state index in [0.717, 1.165) is 39.3 Å². The first kappa shape index (κ1) is 32.4. The highest BCUT2D eigenvalue weighted by molar-refractivity contribution is 5.78. The van der Waals surface area contributed by atoms with E-state index in [0.29, 0.717) is 56.8 Å². The third kappa shape index (κ3) is 7.16. The number of piperazine rings is 1. The van der Waals surface area contributed by atoms with E-state index in [4.69, 9.17) is 29.3 Å². The van der Waals surface area contributed by atoms with Crippen molar-refractivity contribution in [2.75, 3.05) is 50.2 Å². The molecule has 1 aliphatic rings. The van der Waals surface area contributed by atoms with Gasteiger partial charge in [-0.25, -0.2) is 4.79 Å². The number of methoxy groups -OCH3 is 2. The van der Waals surface area contributed by atoms with E-state index in [2.05, 4.69) is 39.2 Å². The predicted octanol–water partition coefficient (Wildman–Crippen LogP) is 5.21. The Balaban J connectivity index is 1.22. The Morgan fingerprint density at radius 3 is 1.98 bits per heavy atom. The molecule has 13 heteroatoms. The van der Waals surface area contributed by atoms with Gasteiger partial charge in [0.25, 0.3) is 0 Å². The van der Waals surface area contributed by atoms with Crippen molar-refractivity contribution in [1.82, 2.24) is 34.3 Å². The fourth-order valence-corrected chi connectivity index (χ4v) is 5.96. The summed E-state index contributed by atoms with van der Waals surface area (Å²) < 4.78 is 20.0. The number of benzene rings is 3. The Labute approximate surface area is 290 Å². The normalized spacial score (nSPS) is 13.0. The Morgan fingerprint density at radius 1 is 0.760 bits per heavy atom. The minimum Gasteiger partial charge on any atom is -0.497 e. The van der Waals surface area contributed by atoms with E-state index in [-0.39, 0.29) is 12.7 Å². The number of ether oxygens (including phenoxy) is 3. The molecule has 3 aromatic heterocycles. The van der Waals surface area contributed by atoms with Crippen molar-refractivity contribution in [2.45, 2.75) is 19.7 Å². The van der Waals surface area contributed by atoms with Crippen LogP contribution in [-0.4, -0.2) is 80.8 Å². The molecule has 1 fully saturated rings. The maximum Gasteiger partial charge on any atom is 0.410 e. The summed E-state index contributed by atoms with van der Waals surface area (Å²) in [6.45, 7) is 3.38. The van der Waals surface area contributed by atoms with Crippen molar-refractivity contribution < 1.29 is 19.0 Å². The van der Waals surface area contributed by atoms with Gasteiger partial charge < -0.3 is 28.9 Å². The number of carbonyl (C=O) groups is 1. The van der Waals surface area contributed by atoms with E-state index in [1.54, 1.807) is 28.3 Å². The predicted molar refractivity (Wildman–Crippen MR) is 189 cm³/mol. The van der Waals surface area contributed by atoms with E-state index >= 15 is 0 Å². The summed E-state index contributed by atoms with van der Waals surface area (Å²) in [4.78, 5) is 29.2. The zero-order valence-corrected chi connectivity index (χ0v) is 28.3. The molecule has 0 aliphatic carbocycles. The molecule has 1 saturated heterocycles. The second-order valence-corrected chi connectivity index (χ2v) is 12.1. The maximum atomic E-state index is 12.9. The van der Waals surface area contributed by atoms with Crippen LogP contribution in [0.1, 0.15) is 16.7 Å². The summed E-state index contributed by atoms with van der Waals surface area (Å²) in [5.74, 6) is 2.78. The van der Waals surface area contributed by atoms with Crippen LogP contribution in [-0.2, 0) is 31.5 Å². The van der Waals surface area contributed by atoms with Crippen molar-refractivity contribution in [3.8, 4) is 22.6 Å². The van der Waals surface area contributed by atoms with Crippen molar-refractivity contribution in [3.05, 3.63) is 114 Å². The standard InChI is InChI=1S/C37H39N9O4/c1-42-25-30(21-38-42)33-22-39-46-34(33)40-35(43-17-19-44(20-18-43)37(47)50-26-29-7-5-4-6-8-29)41-36(46)45(23-27-9-13-31(48-2)14-10-27)24-28-11-15-32(49-3)16-12-28/h4-16,21-22,25H,17-20,23-24,26H2,1-3H3. The quantitative estimate of drug-likeness (QED) is 0.182. The van der Waals surface area contributed by atoms with E-state index < -0.39 is 0 Å². The van der Waals surface area contributed by atoms with E-state index in [1.165, 1.54) is 0 Å². The number of aryl methyl sites for hydroxylation is 1. The first-order valence-electron chi connectivity index (χ1n) is 16.4. The van der Waals surface area contributed by atoms with Gasteiger partial charge in [-0.15, -0.1) is 0 Å². The van der Waals surface area contributed by atoms with Gasteiger partial charge in [-0.1, -0.05) is 54.6 Å². The van der Waals surface area contributed by atoms with Gasteiger partial charge >= 0.3 is 6.09 Å². The number of anilines is 2. The zero-order chi connectivity index (χ0) is 34.5. The SMILES string of the molecule is COc1ccc(CN(Cc2ccc(OC)cc2)c2nc(N3CCN(C(=O)OCc4ccccc4)CC3)nc3c(-c4cnn(C)c4)cnn23)cc1. The molecule has 0 radical (unpaired) electrons. The molecule has 4 heterocycles. The van der Waals surface area contributed by atoms with Gasteiger partial charge in [-0.05, 0) is 41.0 Å². The number of aromatic nitrogens is 6. The highest BCUT2D eigenvalue weighted by Crippen LogP contribution is 2.30. The first-order chi connectivity index (χ1) is 24.5. The number of hydrogen-bond acceptors (Lipinski definition) is 10. The van der Waals surface area contributed by atoms with Crippen molar-refractivity contribution in [3.63, 3.8) is 0 Å². The lowest BCUT2D eigenvalue weighted by molar-refractivity contribution is 0.0940. The Kier molecular flexibility index (Phi) is 9.45. The van der Waals surface area contributed by atoms with Gasteiger partial charge in [0.15, 0.2) is 5.65 Å². The Morgan fingerprint density at radius 2 is 1.40 bits per heavy atom. The highest BCUT2D eigenvalue weighted by atomic mass is 16.6. The van der Waals surface area contributed by atoms with Crippen LogP contribution >= 0.6 is 0 Å². The molecule has 6 aromatic rings. The van der Waals surface area contributed by atoms with Crippen LogP contribution in [0.2, 0.25) is 0 Å². The van der Waals surface area contributed by atoms with Crippen LogP contribution in [0.15, 0.2) is 97.5 Å². The molecule has 1 amide bonds. The first-order valence-corrected chi connectivity index (χ1v) is 16.4. The topological polar surface area (TPSA) is 115 Å². The molecular weight excluding hydrogens is 634 g/mol. The number of nitrogens with zero attached hydrogens (tertiary/aromatic N) is 9. The molecular formula is C37H39N9O4. The molecule has 13 nitrogen and oxygen atoms in total. The molecule has 256 valence electrons. The number of fused-ring (bicyclic) bond motifs is 1. The van der Waals surface area contributed by atoms with E-state index in [9.17, 15) is 4.79 Å². The molecule has 1 aliphatic heterocycles. The summed E-state index contributed by atoms with van der Waals surface area (Å²) in [5, 5.41) is 9.21. The second-order valence-electron chi connectivity index (χ2n) is 12.1. The van der Waals surface area contributed by atoms with Gasteiger partial charge in [-0.3, -0.25) is 4.68 Å². The van der Waals surface area contributed by atoms with Crippen LogP contribution in [0.25, 0.3) is 16.8 Å². The fourth-order valence-electron chi connectivity index (χ4n) is 5.96. The second kappa shape index (κ2) is 14.6. The lowest BCUT2D eigenvalue weighted by atomic mass is 10.1. The molecule has 0 atom stereocenters. The molecule has 0 saturated carbocycles. The molecule has 7 rings (SSSR count).